The van der Waals surface area contributed by atoms with Gasteiger partial charge in [0.25, 0.3) is 0 Å². The smallest absolute Gasteiger partial charge is 0.241 e. The fraction of sp³-hybridized carbons (Fsp3) is 1.00. The second kappa shape index (κ2) is 3.62. The Labute approximate surface area is 78.1 Å². The number of hydrogen-bond donors (Lipinski definition) is 1. The first-order valence-electron chi connectivity index (χ1n) is 4.88. The Hall–Kier alpha value is -0.640. The van der Waals surface area contributed by atoms with Gasteiger partial charge in [0.1, 0.15) is 5.60 Å². The van der Waals surface area contributed by atoms with Crippen molar-refractivity contribution in [3.63, 3.8) is 0 Å². The lowest BCUT2D eigenvalue weighted by Gasteiger charge is -2.38. The summed E-state index contributed by atoms with van der Waals surface area (Å²) < 4.78 is 0. The van der Waals surface area contributed by atoms with E-state index in [4.69, 9.17) is 0 Å². The predicted octanol–water partition coefficient (Wildman–Crippen LogP) is 1.59. The highest BCUT2D eigenvalue weighted by Gasteiger charge is 2.49. The summed E-state index contributed by atoms with van der Waals surface area (Å²) in [7, 11) is 0. The quantitative estimate of drug-likeness (QED) is 0.527. The lowest BCUT2D eigenvalue weighted by Crippen LogP contribution is -2.53. The molecule has 1 saturated carbocycles. The molecule has 4 heteroatoms. The average molecular weight is 187 g/mol. The Morgan fingerprint density at radius 2 is 2.23 bits per heavy atom. The topological polar surface area (TPSA) is 63.4 Å². The molecule has 0 saturated heterocycles. The Balaban J connectivity index is 2.86. The van der Waals surface area contributed by atoms with Gasteiger partial charge in [0.05, 0.1) is 0 Å². The van der Waals surface area contributed by atoms with E-state index >= 15 is 0 Å². The second-order valence-corrected chi connectivity index (χ2v) is 3.98. The minimum absolute atomic E-state index is 0.0432. The Morgan fingerprint density at radius 3 is 2.62 bits per heavy atom. The molecule has 0 aromatic carbocycles. The van der Waals surface area contributed by atoms with Gasteiger partial charge in [-0.1, -0.05) is 13.8 Å². The summed E-state index contributed by atoms with van der Waals surface area (Å²) in [5.41, 5.74) is -1.08. The van der Waals surface area contributed by atoms with Crippen LogP contribution in [0.25, 0.3) is 0 Å². The number of rotatable bonds is 2. The van der Waals surface area contributed by atoms with Gasteiger partial charge in [-0.25, -0.2) is 0 Å². The minimum Gasteiger partial charge on any atom is -0.382 e. The van der Waals surface area contributed by atoms with Gasteiger partial charge in [0.2, 0.25) is 6.04 Å². The van der Waals surface area contributed by atoms with Gasteiger partial charge in [-0.3, -0.25) is 10.1 Å². The summed E-state index contributed by atoms with van der Waals surface area (Å²) in [6.07, 6.45) is 2.74. The molecule has 3 atom stereocenters. The van der Waals surface area contributed by atoms with E-state index in [9.17, 15) is 15.2 Å². The number of hydrogen-bond acceptors (Lipinski definition) is 3. The van der Waals surface area contributed by atoms with Crippen LogP contribution in [0.4, 0.5) is 0 Å². The van der Waals surface area contributed by atoms with Gasteiger partial charge in [0.15, 0.2) is 0 Å². The van der Waals surface area contributed by atoms with Crippen LogP contribution in [0.15, 0.2) is 0 Å². The average Bonchev–Trinajstić information content (AvgIpc) is 2.09. The van der Waals surface area contributed by atoms with Crippen LogP contribution >= 0.6 is 0 Å². The van der Waals surface area contributed by atoms with Crippen molar-refractivity contribution >= 4 is 0 Å². The maximum absolute atomic E-state index is 10.7. The van der Waals surface area contributed by atoms with E-state index in [1.54, 1.807) is 0 Å². The molecule has 0 radical (unpaired) electrons. The molecule has 0 spiro atoms. The highest BCUT2D eigenvalue weighted by molar-refractivity contribution is 4.93. The first-order valence-corrected chi connectivity index (χ1v) is 4.88. The standard InChI is InChI=1S/C9H17NO3/c1-3-9(11)7(2)5-4-6-8(9)10(12)13/h7-8,11H,3-6H2,1-2H3. The van der Waals surface area contributed by atoms with Crippen molar-refractivity contribution in [2.24, 2.45) is 5.92 Å². The summed E-state index contributed by atoms with van der Waals surface area (Å²) in [6.45, 7) is 3.72. The number of aliphatic hydroxyl groups is 1. The van der Waals surface area contributed by atoms with Crippen LogP contribution in [0.1, 0.15) is 39.5 Å². The molecule has 1 N–H and O–H groups in total. The van der Waals surface area contributed by atoms with Crippen molar-refractivity contribution in [3.05, 3.63) is 10.1 Å². The minimum atomic E-state index is -1.08. The SMILES string of the molecule is CCC1(O)C(C)CCCC1[N+](=O)[O-]. The van der Waals surface area contributed by atoms with E-state index in [0.717, 1.165) is 12.8 Å². The molecular weight excluding hydrogens is 170 g/mol. The van der Waals surface area contributed by atoms with Gasteiger partial charge < -0.3 is 5.11 Å². The fourth-order valence-electron chi connectivity index (χ4n) is 2.32. The van der Waals surface area contributed by atoms with Crippen LogP contribution in [0.2, 0.25) is 0 Å². The van der Waals surface area contributed by atoms with Crippen LogP contribution in [-0.4, -0.2) is 21.7 Å². The Morgan fingerprint density at radius 1 is 1.62 bits per heavy atom. The molecule has 3 unspecified atom stereocenters. The van der Waals surface area contributed by atoms with Crippen molar-refractivity contribution < 1.29 is 10.0 Å². The van der Waals surface area contributed by atoms with Crippen LogP contribution in [-0.2, 0) is 0 Å². The van der Waals surface area contributed by atoms with Crippen molar-refractivity contribution in [3.8, 4) is 0 Å². The normalized spacial score (nSPS) is 40.2. The highest BCUT2D eigenvalue weighted by atomic mass is 16.6. The molecule has 0 aromatic heterocycles. The van der Waals surface area contributed by atoms with Crippen LogP contribution in [0, 0.1) is 16.0 Å². The lowest BCUT2D eigenvalue weighted by molar-refractivity contribution is -0.553. The molecule has 1 fully saturated rings. The predicted molar refractivity (Wildman–Crippen MR) is 49.0 cm³/mol. The van der Waals surface area contributed by atoms with Crippen LogP contribution in [0.3, 0.4) is 0 Å². The van der Waals surface area contributed by atoms with Gasteiger partial charge in [-0.15, -0.1) is 0 Å². The van der Waals surface area contributed by atoms with Gasteiger partial charge in [-0.05, 0) is 25.2 Å². The van der Waals surface area contributed by atoms with E-state index in [1.807, 2.05) is 13.8 Å². The zero-order valence-corrected chi connectivity index (χ0v) is 8.19. The number of nitro groups is 1. The third kappa shape index (κ3) is 1.68. The zero-order chi connectivity index (χ0) is 10.1. The highest BCUT2D eigenvalue weighted by Crippen LogP contribution is 2.37. The molecule has 0 bridgehead atoms. The first-order chi connectivity index (χ1) is 6.02. The van der Waals surface area contributed by atoms with Gasteiger partial charge >= 0.3 is 0 Å². The molecule has 1 aliphatic carbocycles. The molecular formula is C9H17NO3. The van der Waals surface area contributed by atoms with E-state index in [1.165, 1.54) is 0 Å². The van der Waals surface area contributed by atoms with E-state index in [2.05, 4.69) is 0 Å². The largest absolute Gasteiger partial charge is 0.382 e. The summed E-state index contributed by atoms with van der Waals surface area (Å²) in [5.74, 6) is 0.0432. The first kappa shape index (κ1) is 10.4. The van der Waals surface area contributed by atoms with Crippen molar-refractivity contribution in [1.29, 1.82) is 0 Å². The number of nitrogens with zero attached hydrogens (tertiary/aromatic N) is 1. The van der Waals surface area contributed by atoms with Gasteiger partial charge in [0, 0.05) is 11.3 Å². The third-order valence-electron chi connectivity index (χ3n) is 3.37. The molecule has 0 aliphatic heterocycles. The van der Waals surface area contributed by atoms with Crippen molar-refractivity contribution in [1.82, 2.24) is 0 Å². The van der Waals surface area contributed by atoms with E-state index < -0.39 is 11.6 Å². The molecule has 1 aliphatic rings. The lowest BCUT2D eigenvalue weighted by atomic mass is 9.72. The molecule has 0 aromatic rings. The fourth-order valence-corrected chi connectivity index (χ4v) is 2.32. The van der Waals surface area contributed by atoms with Crippen LogP contribution < -0.4 is 0 Å². The summed E-state index contributed by atoms with van der Waals surface area (Å²) in [5, 5.41) is 20.9. The van der Waals surface area contributed by atoms with Gasteiger partial charge in [-0.2, -0.15) is 0 Å². The Kier molecular flexibility index (Phi) is 2.91. The summed E-state index contributed by atoms with van der Waals surface area (Å²) in [4.78, 5) is 10.4. The molecule has 0 amide bonds. The maximum Gasteiger partial charge on any atom is 0.241 e. The van der Waals surface area contributed by atoms with E-state index in [0.29, 0.717) is 12.8 Å². The monoisotopic (exact) mass is 187 g/mol. The molecule has 0 heterocycles. The van der Waals surface area contributed by atoms with Crippen molar-refractivity contribution in [2.75, 3.05) is 0 Å². The second-order valence-electron chi connectivity index (χ2n) is 3.98. The molecule has 13 heavy (non-hydrogen) atoms. The maximum atomic E-state index is 10.7. The zero-order valence-electron chi connectivity index (χ0n) is 8.19. The molecule has 76 valence electrons. The summed E-state index contributed by atoms with van der Waals surface area (Å²) in [6, 6.07) is -0.763. The Bertz CT molecular complexity index is 207. The van der Waals surface area contributed by atoms with Crippen LogP contribution in [0.5, 0.6) is 0 Å². The molecule has 1 rings (SSSR count). The van der Waals surface area contributed by atoms with Crippen molar-refractivity contribution in [2.45, 2.75) is 51.2 Å². The summed E-state index contributed by atoms with van der Waals surface area (Å²) >= 11 is 0. The third-order valence-corrected chi connectivity index (χ3v) is 3.37. The molecule has 4 nitrogen and oxygen atoms in total. The van der Waals surface area contributed by atoms with E-state index in [-0.39, 0.29) is 10.8 Å².